The molecular weight excluding hydrogens is 192 g/mol. The molecule has 1 aliphatic carbocycles. The fourth-order valence-corrected chi connectivity index (χ4v) is 1.12. The van der Waals surface area contributed by atoms with Gasteiger partial charge in [0.25, 0.3) is 0 Å². The van der Waals surface area contributed by atoms with Crippen LogP contribution < -0.4 is 10.6 Å². The molecule has 0 saturated heterocycles. The van der Waals surface area contributed by atoms with E-state index in [0.29, 0.717) is 0 Å². The van der Waals surface area contributed by atoms with Crippen LogP contribution in [0, 0.1) is 0 Å². The Labute approximate surface area is 70.9 Å². The highest BCUT2D eigenvalue weighted by Crippen LogP contribution is 2.17. The van der Waals surface area contributed by atoms with Gasteiger partial charge in [-0.25, -0.2) is 0 Å². The van der Waals surface area contributed by atoms with E-state index in [1.54, 1.807) is 0 Å². The maximum atomic E-state index is 3.44. The van der Waals surface area contributed by atoms with Gasteiger partial charge in [0.05, 0.1) is 0 Å². The molecule has 2 nitrogen and oxygen atoms in total. The summed E-state index contributed by atoms with van der Waals surface area (Å²) in [5.41, 5.74) is 0. The van der Waals surface area contributed by atoms with Gasteiger partial charge in [-0.1, -0.05) is 15.9 Å². The van der Waals surface area contributed by atoms with E-state index in [1.807, 2.05) is 0 Å². The van der Waals surface area contributed by atoms with Crippen molar-refractivity contribution >= 4 is 15.9 Å². The quantitative estimate of drug-likeness (QED) is 0.495. The topological polar surface area (TPSA) is 24.1 Å². The minimum atomic E-state index is 0.853. The Kier molecular flexibility index (Phi) is 4.34. The monoisotopic (exact) mass is 206 g/mol. The highest BCUT2D eigenvalue weighted by atomic mass is 79.9. The van der Waals surface area contributed by atoms with Crippen molar-refractivity contribution in [3.05, 3.63) is 0 Å². The summed E-state index contributed by atoms with van der Waals surface area (Å²) in [6.07, 6.45) is 2.77. The SMILES string of the molecule is BrCCNCCNC1CC1. The normalized spacial score (nSPS) is 17.7. The fourth-order valence-electron chi connectivity index (χ4n) is 0.844. The van der Waals surface area contributed by atoms with Gasteiger partial charge in [-0.3, -0.25) is 0 Å². The first-order chi connectivity index (χ1) is 4.93. The van der Waals surface area contributed by atoms with Crippen LogP contribution in [-0.2, 0) is 0 Å². The average Bonchev–Trinajstić information content (AvgIpc) is 2.71. The zero-order chi connectivity index (χ0) is 7.23. The van der Waals surface area contributed by atoms with Crippen LogP contribution >= 0.6 is 15.9 Å². The number of rotatable bonds is 6. The number of hydrogen-bond donors (Lipinski definition) is 2. The number of alkyl halides is 1. The second-order valence-electron chi connectivity index (χ2n) is 2.67. The third-order valence-corrected chi connectivity index (χ3v) is 1.98. The van der Waals surface area contributed by atoms with Gasteiger partial charge in [0.15, 0.2) is 0 Å². The second kappa shape index (κ2) is 5.10. The third-order valence-electron chi connectivity index (χ3n) is 1.58. The van der Waals surface area contributed by atoms with Crippen molar-refractivity contribution in [2.45, 2.75) is 18.9 Å². The lowest BCUT2D eigenvalue weighted by Crippen LogP contribution is -2.29. The Balaban J connectivity index is 1.68. The maximum Gasteiger partial charge on any atom is 0.0157 e. The van der Waals surface area contributed by atoms with E-state index < -0.39 is 0 Å². The summed E-state index contributed by atoms with van der Waals surface area (Å²) in [5, 5.41) is 7.80. The minimum absolute atomic E-state index is 0.853. The molecule has 0 aromatic heterocycles. The van der Waals surface area contributed by atoms with E-state index in [-0.39, 0.29) is 0 Å². The van der Waals surface area contributed by atoms with E-state index in [9.17, 15) is 0 Å². The van der Waals surface area contributed by atoms with Crippen LogP contribution in [0.25, 0.3) is 0 Å². The molecule has 0 atom stereocenters. The average molecular weight is 207 g/mol. The van der Waals surface area contributed by atoms with Crippen LogP contribution in [0.1, 0.15) is 12.8 Å². The second-order valence-corrected chi connectivity index (χ2v) is 3.46. The Morgan fingerprint density at radius 3 is 2.60 bits per heavy atom. The zero-order valence-corrected chi connectivity index (χ0v) is 7.78. The molecular formula is C7H15BrN2. The van der Waals surface area contributed by atoms with Gasteiger partial charge in [0.1, 0.15) is 0 Å². The third kappa shape index (κ3) is 4.25. The lowest BCUT2D eigenvalue weighted by atomic mass is 10.5. The smallest absolute Gasteiger partial charge is 0.0157 e. The number of nitrogens with one attached hydrogen (secondary N) is 2. The van der Waals surface area contributed by atoms with Gasteiger partial charge in [-0.2, -0.15) is 0 Å². The van der Waals surface area contributed by atoms with Gasteiger partial charge in [-0.15, -0.1) is 0 Å². The molecule has 0 heterocycles. The van der Waals surface area contributed by atoms with Gasteiger partial charge < -0.3 is 10.6 Å². The molecule has 0 bridgehead atoms. The van der Waals surface area contributed by atoms with E-state index in [0.717, 1.165) is 31.0 Å². The molecule has 1 rings (SSSR count). The molecule has 1 saturated carbocycles. The van der Waals surface area contributed by atoms with Gasteiger partial charge in [0, 0.05) is 31.0 Å². The summed E-state index contributed by atoms with van der Waals surface area (Å²) in [6, 6.07) is 0.853. The Morgan fingerprint density at radius 2 is 2.00 bits per heavy atom. The van der Waals surface area contributed by atoms with Crippen LogP contribution in [0.15, 0.2) is 0 Å². The van der Waals surface area contributed by atoms with Crippen molar-refractivity contribution in [1.29, 1.82) is 0 Å². The summed E-state index contributed by atoms with van der Waals surface area (Å²) in [7, 11) is 0. The fraction of sp³-hybridized carbons (Fsp3) is 1.00. The lowest BCUT2D eigenvalue weighted by molar-refractivity contribution is 0.624. The number of hydrogen-bond acceptors (Lipinski definition) is 2. The Bertz CT molecular complexity index is 83.7. The molecule has 2 N–H and O–H groups in total. The summed E-state index contributed by atoms with van der Waals surface area (Å²) in [4.78, 5) is 0. The van der Waals surface area contributed by atoms with Crippen LogP contribution in [0.5, 0.6) is 0 Å². The van der Waals surface area contributed by atoms with Crippen LogP contribution in [-0.4, -0.2) is 31.0 Å². The highest BCUT2D eigenvalue weighted by Gasteiger charge is 2.19. The predicted molar refractivity (Wildman–Crippen MR) is 47.7 cm³/mol. The first kappa shape index (κ1) is 8.50. The van der Waals surface area contributed by atoms with Crippen molar-refractivity contribution in [2.75, 3.05) is 25.0 Å². The molecule has 60 valence electrons. The minimum Gasteiger partial charge on any atom is -0.315 e. The molecule has 0 amide bonds. The molecule has 0 aromatic rings. The summed E-state index contributed by atoms with van der Waals surface area (Å²) < 4.78 is 0. The van der Waals surface area contributed by atoms with E-state index in [4.69, 9.17) is 0 Å². The molecule has 0 spiro atoms. The van der Waals surface area contributed by atoms with Crippen LogP contribution in [0.3, 0.4) is 0 Å². The maximum absolute atomic E-state index is 3.44. The Hall–Kier alpha value is 0.400. The molecule has 0 unspecified atom stereocenters. The highest BCUT2D eigenvalue weighted by molar-refractivity contribution is 9.09. The first-order valence-corrected chi connectivity index (χ1v) is 5.05. The van der Waals surface area contributed by atoms with E-state index in [1.165, 1.54) is 12.8 Å². The molecule has 0 aromatic carbocycles. The van der Waals surface area contributed by atoms with Crippen molar-refractivity contribution in [2.24, 2.45) is 0 Å². The van der Waals surface area contributed by atoms with Crippen LogP contribution in [0.2, 0.25) is 0 Å². The number of halogens is 1. The predicted octanol–water partition coefficient (Wildman–Crippen LogP) is 0.723. The van der Waals surface area contributed by atoms with Crippen LogP contribution in [0.4, 0.5) is 0 Å². The van der Waals surface area contributed by atoms with Crippen molar-refractivity contribution in [1.82, 2.24) is 10.6 Å². The summed E-state index contributed by atoms with van der Waals surface area (Å²) in [6.45, 7) is 3.30. The molecule has 3 heteroatoms. The van der Waals surface area contributed by atoms with Gasteiger partial charge in [0.2, 0.25) is 0 Å². The molecule has 0 aliphatic heterocycles. The van der Waals surface area contributed by atoms with Crippen molar-refractivity contribution in [3.8, 4) is 0 Å². The van der Waals surface area contributed by atoms with E-state index >= 15 is 0 Å². The lowest BCUT2D eigenvalue weighted by Gasteiger charge is -2.02. The van der Waals surface area contributed by atoms with E-state index in [2.05, 4.69) is 26.6 Å². The van der Waals surface area contributed by atoms with Gasteiger partial charge in [-0.05, 0) is 12.8 Å². The largest absolute Gasteiger partial charge is 0.315 e. The van der Waals surface area contributed by atoms with Crippen molar-refractivity contribution < 1.29 is 0 Å². The Morgan fingerprint density at radius 1 is 1.20 bits per heavy atom. The first-order valence-electron chi connectivity index (χ1n) is 3.93. The van der Waals surface area contributed by atoms with Crippen molar-refractivity contribution in [3.63, 3.8) is 0 Å². The molecule has 1 aliphatic rings. The summed E-state index contributed by atoms with van der Waals surface area (Å²) in [5.74, 6) is 0. The summed E-state index contributed by atoms with van der Waals surface area (Å²) >= 11 is 3.36. The zero-order valence-electron chi connectivity index (χ0n) is 6.20. The molecule has 1 fully saturated rings. The standard InChI is InChI=1S/C7H15BrN2/c8-3-4-9-5-6-10-7-1-2-7/h7,9-10H,1-6H2. The van der Waals surface area contributed by atoms with Gasteiger partial charge >= 0.3 is 0 Å². The molecule has 10 heavy (non-hydrogen) atoms. The molecule has 0 radical (unpaired) electrons.